The van der Waals surface area contributed by atoms with E-state index in [0.29, 0.717) is 12.3 Å². The van der Waals surface area contributed by atoms with E-state index in [1.807, 2.05) is 25.1 Å². The van der Waals surface area contributed by atoms with Gasteiger partial charge in [-0.1, -0.05) is 24.3 Å². The second-order valence-corrected chi connectivity index (χ2v) is 5.08. The van der Waals surface area contributed by atoms with Crippen LogP contribution in [0.2, 0.25) is 0 Å². The fourth-order valence-corrected chi connectivity index (χ4v) is 2.69. The normalized spacial score (nSPS) is 10.9. The number of benzene rings is 2. The summed E-state index contributed by atoms with van der Waals surface area (Å²) in [6.07, 6.45) is 0. The predicted octanol–water partition coefficient (Wildman–Crippen LogP) is 4.46. The van der Waals surface area contributed by atoms with Crippen molar-refractivity contribution in [3.8, 4) is 11.1 Å². The van der Waals surface area contributed by atoms with Gasteiger partial charge in [0.15, 0.2) is 0 Å². The number of hydrogen-bond acceptors (Lipinski definition) is 2. The Morgan fingerprint density at radius 3 is 2.59 bits per heavy atom. The molecule has 0 atom stereocenters. The molecule has 1 N–H and O–H groups in total. The molecule has 0 unspecified atom stereocenters. The standard InChI is InChI=1S/C18H16FNO2/c1-3-22-18(21)17-11(2)16-14(5-4-6-15(16)20-17)12-7-9-13(19)10-8-12/h4-10,20H,3H2,1-2H3. The number of nitrogens with one attached hydrogen (secondary N) is 1. The summed E-state index contributed by atoms with van der Waals surface area (Å²) >= 11 is 0. The van der Waals surface area contributed by atoms with Crippen molar-refractivity contribution in [1.29, 1.82) is 0 Å². The van der Waals surface area contributed by atoms with Crippen LogP contribution in [0, 0.1) is 12.7 Å². The van der Waals surface area contributed by atoms with E-state index in [2.05, 4.69) is 4.98 Å². The molecule has 0 spiro atoms. The molecule has 1 aromatic heterocycles. The van der Waals surface area contributed by atoms with Crippen LogP contribution in [-0.2, 0) is 4.74 Å². The van der Waals surface area contributed by atoms with Gasteiger partial charge in [-0.05, 0) is 48.7 Å². The summed E-state index contributed by atoms with van der Waals surface area (Å²) in [5.74, 6) is -0.629. The highest BCUT2D eigenvalue weighted by atomic mass is 19.1. The molecule has 0 bridgehead atoms. The summed E-state index contributed by atoms with van der Waals surface area (Å²) in [6.45, 7) is 4.00. The van der Waals surface area contributed by atoms with Crippen molar-refractivity contribution in [2.45, 2.75) is 13.8 Å². The maximum Gasteiger partial charge on any atom is 0.355 e. The SMILES string of the molecule is CCOC(=O)c1[nH]c2cccc(-c3ccc(F)cc3)c2c1C. The summed E-state index contributed by atoms with van der Waals surface area (Å²) in [6, 6.07) is 12.1. The second-order valence-electron chi connectivity index (χ2n) is 5.08. The first-order valence-electron chi connectivity index (χ1n) is 7.16. The number of aryl methyl sites for hydroxylation is 1. The molecule has 3 aromatic rings. The summed E-state index contributed by atoms with van der Waals surface area (Å²) < 4.78 is 18.2. The molecule has 3 nitrogen and oxygen atoms in total. The Morgan fingerprint density at radius 1 is 1.18 bits per heavy atom. The lowest BCUT2D eigenvalue weighted by Gasteiger charge is -2.05. The van der Waals surface area contributed by atoms with E-state index in [9.17, 15) is 9.18 Å². The molecule has 22 heavy (non-hydrogen) atoms. The third-order valence-electron chi connectivity index (χ3n) is 3.71. The molecule has 1 heterocycles. The number of halogens is 1. The number of aromatic amines is 1. The van der Waals surface area contributed by atoms with Crippen molar-refractivity contribution in [2.75, 3.05) is 6.61 Å². The molecule has 0 aliphatic heterocycles. The van der Waals surface area contributed by atoms with Gasteiger partial charge in [-0.15, -0.1) is 0 Å². The third-order valence-corrected chi connectivity index (χ3v) is 3.71. The van der Waals surface area contributed by atoms with Crippen molar-refractivity contribution in [1.82, 2.24) is 4.98 Å². The van der Waals surface area contributed by atoms with E-state index in [1.54, 1.807) is 19.1 Å². The van der Waals surface area contributed by atoms with Crippen LogP contribution in [0.15, 0.2) is 42.5 Å². The lowest BCUT2D eigenvalue weighted by Crippen LogP contribution is -2.06. The van der Waals surface area contributed by atoms with Gasteiger partial charge in [0.1, 0.15) is 11.5 Å². The Morgan fingerprint density at radius 2 is 1.91 bits per heavy atom. The molecule has 0 saturated carbocycles. The summed E-state index contributed by atoms with van der Waals surface area (Å²) in [5.41, 5.74) is 4.04. The number of aromatic nitrogens is 1. The molecule has 0 radical (unpaired) electrons. The van der Waals surface area contributed by atoms with Crippen LogP contribution in [-0.4, -0.2) is 17.6 Å². The molecule has 4 heteroatoms. The molecular weight excluding hydrogens is 281 g/mol. The fourth-order valence-electron chi connectivity index (χ4n) is 2.69. The van der Waals surface area contributed by atoms with Crippen LogP contribution in [0.1, 0.15) is 23.0 Å². The number of esters is 1. The first-order chi connectivity index (χ1) is 10.6. The van der Waals surface area contributed by atoms with Crippen LogP contribution in [0.5, 0.6) is 0 Å². The van der Waals surface area contributed by atoms with E-state index in [1.165, 1.54) is 12.1 Å². The van der Waals surface area contributed by atoms with Gasteiger partial charge >= 0.3 is 5.97 Å². The average molecular weight is 297 g/mol. The van der Waals surface area contributed by atoms with Crippen LogP contribution in [0.4, 0.5) is 4.39 Å². The Labute approximate surface area is 127 Å². The van der Waals surface area contributed by atoms with E-state index in [0.717, 1.165) is 27.6 Å². The summed E-state index contributed by atoms with van der Waals surface area (Å²) in [5, 5.41) is 0.956. The Hall–Kier alpha value is -2.62. The lowest BCUT2D eigenvalue weighted by atomic mass is 9.99. The second kappa shape index (κ2) is 5.64. The molecule has 0 aliphatic carbocycles. The maximum atomic E-state index is 13.1. The van der Waals surface area contributed by atoms with Gasteiger partial charge in [-0.25, -0.2) is 9.18 Å². The topological polar surface area (TPSA) is 42.1 Å². The quantitative estimate of drug-likeness (QED) is 0.725. The van der Waals surface area contributed by atoms with Gasteiger partial charge in [0.05, 0.1) is 6.61 Å². The Bertz CT molecular complexity index is 834. The van der Waals surface area contributed by atoms with Gasteiger partial charge in [0.2, 0.25) is 0 Å². The van der Waals surface area contributed by atoms with E-state index in [4.69, 9.17) is 4.74 Å². The minimum absolute atomic E-state index is 0.270. The summed E-state index contributed by atoms with van der Waals surface area (Å²) in [7, 11) is 0. The lowest BCUT2D eigenvalue weighted by molar-refractivity contribution is 0.0520. The fraction of sp³-hybridized carbons (Fsp3) is 0.167. The largest absolute Gasteiger partial charge is 0.461 e. The highest BCUT2D eigenvalue weighted by Gasteiger charge is 2.18. The van der Waals surface area contributed by atoms with Crippen molar-refractivity contribution in [3.63, 3.8) is 0 Å². The first-order valence-corrected chi connectivity index (χ1v) is 7.16. The molecule has 0 saturated heterocycles. The maximum absolute atomic E-state index is 13.1. The van der Waals surface area contributed by atoms with Crippen molar-refractivity contribution < 1.29 is 13.9 Å². The number of rotatable bonds is 3. The number of ether oxygens (including phenoxy) is 1. The molecule has 0 amide bonds. The smallest absolute Gasteiger partial charge is 0.355 e. The molecule has 0 fully saturated rings. The van der Waals surface area contributed by atoms with Gasteiger partial charge < -0.3 is 9.72 Å². The van der Waals surface area contributed by atoms with Gasteiger partial charge in [-0.3, -0.25) is 0 Å². The zero-order valence-electron chi connectivity index (χ0n) is 12.4. The van der Waals surface area contributed by atoms with Crippen LogP contribution in [0.25, 0.3) is 22.0 Å². The minimum atomic E-state index is -0.360. The van der Waals surface area contributed by atoms with E-state index >= 15 is 0 Å². The molecule has 2 aromatic carbocycles. The van der Waals surface area contributed by atoms with Crippen LogP contribution >= 0.6 is 0 Å². The van der Waals surface area contributed by atoms with E-state index < -0.39 is 0 Å². The van der Waals surface area contributed by atoms with Crippen LogP contribution in [0.3, 0.4) is 0 Å². The Kier molecular flexibility index (Phi) is 3.67. The molecule has 0 aliphatic rings. The van der Waals surface area contributed by atoms with Crippen molar-refractivity contribution >= 4 is 16.9 Å². The number of fused-ring (bicyclic) bond motifs is 1. The highest BCUT2D eigenvalue weighted by Crippen LogP contribution is 2.32. The Balaban J connectivity index is 2.20. The van der Waals surface area contributed by atoms with Gasteiger partial charge in [-0.2, -0.15) is 0 Å². The number of carbonyl (C=O) groups excluding carboxylic acids is 1. The molecule has 3 rings (SSSR count). The third kappa shape index (κ3) is 2.37. The van der Waals surface area contributed by atoms with Crippen molar-refractivity contribution in [2.24, 2.45) is 0 Å². The first kappa shape index (κ1) is 14.3. The highest BCUT2D eigenvalue weighted by molar-refractivity contribution is 6.04. The van der Waals surface area contributed by atoms with Crippen molar-refractivity contribution in [3.05, 3.63) is 59.5 Å². The number of H-pyrrole nitrogens is 1. The molecule has 112 valence electrons. The predicted molar refractivity (Wildman–Crippen MR) is 84.4 cm³/mol. The number of hydrogen-bond donors (Lipinski definition) is 1. The minimum Gasteiger partial charge on any atom is -0.461 e. The zero-order chi connectivity index (χ0) is 15.7. The van der Waals surface area contributed by atoms with Gasteiger partial charge in [0.25, 0.3) is 0 Å². The van der Waals surface area contributed by atoms with Gasteiger partial charge in [0, 0.05) is 10.9 Å². The zero-order valence-corrected chi connectivity index (χ0v) is 12.4. The van der Waals surface area contributed by atoms with Crippen LogP contribution < -0.4 is 0 Å². The monoisotopic (exact) mass is 297 g/mol. The number of carbonyl (C=O) groups is 1. The summed E-state index contributed by atoms with van der Waals surface area (Å²) in [4.78, 5) is 15.1. The average Bonchev–Trinajstić information content (AvgIpc) is 2.86. The molecular formula is C18H16FNO2. The van der Waals surface area contributed by atoms with E-state index in [-0.39, 0.29) is 11.8 Å².